The molecule has 2 aromatic rings. The molecule has 0 aliphatic carbocycles. The minimum Gasteiger partial charge on any atom is -0.494 e. The fraction of sp³-hybridized carbons (Fsp3) is 0.400. The molecule has 96 valence electrons. The Morgan fingerprint density at radius 2 is 1.89 bits per heavy atom. The number of anilines is 1. The zero-order valence-corrected chi connectivity index (χ0v) is 11.7. The van der Waals surface area contributed by atoms with Crippen LogP contribution in [-0.4, -0.2) is 12.1 Å². The third kappa shape index (κ3) is 1.80. The number of pyridine rings is 1. The van der Waals surface area contributed by atoms with E-state index in [1.54, 1.807) is 7.11 Å². The predicted molar refractivity (Wildman–Crippen MR) is 76.3 cm³/mol. The van der Waals surface area contributed by atoms with Crippen molar-refractivity contribution in [2.45, 2.75) is 33.6 Å². The molecule has 2 N–H and O–H groups in total. The topological polar surface area (TPSA) is 48.1 Å². The van der Waals surface area contributed by atoms with Gasteiger partial charge in [-0.15, -0.1) is 0 Å². The average Bonchev–Trinajstić information content (AvgIpc) is 2.28. The number of hydrogen-bond acceptors (Lipinski definition) is 3. The van der Waals surface area contributed by atoms with Crippen molar-refractivity contribution in [3.05, 3.63) is 29.0 Å². The maximum atomic E-state index is 6.35. The quantitative estimate of drug-likeness (QED) is 0.878. The van der Waals surface area contributed by atoms with Gasteiger partial charge in [0, 0.05) is 16.8 Å². The van der Waals surface area contributed by atoms with Crippen molar-refractivity contribution in [3.63, 3.8) is 0 Å². The van der Waals surface area contributed by atoms with Gasteiger partial charge in [-0.3, -0.25) is 0 Å². The minimum atomic E-state index is 0.368. The number of ether oxygens (including phenoxy) is 1. The fourth-order valence-corrected chi connectivity index (χ4v) is 2.57. The molecular formula is C15H20N2O. The van der Waals surface area contributed by atoms with Crippen LogP contribution in [0.4, 0.5) is 5.69 Å². The number of fused-ring (bicyclic) bond motifs is 1. The van der Waals surface area contributed by atoms with E-state index < -0.39 is 0 Å². The first-order chi connectivity index (χ1) is 8.47. The third-order valence-electron chi connectivity index (χ3n) is 3.38. The van der Waals surface area contributed by atoms with E-state index in [1.807, 2.05) is 19.1 Å². The van der Waals surface area contributed by atoms with Crippen LogP contribution in [-0.2, 0) is 0 Å². The second-order valence-electron chi connectivity index (χ2n) is 4.99. The van der Waals surface area contributed by atoms with E-state index in [-0.39, 0.29) is 0 Å². The number of hydrogen-bond donors (Lipinski definition) is 1. The predicted octanol–water partition coefficient (Wildman–Crippen LogP) is 3.57. The Morgan fingerprint density at radius 3 is 2.44 bits per heavy atom. The summed E-state index contributed by atoms with van der Waals surface area (Å²) in [5, 5.41) is 1.02. The molecule has 0 radical (unpaired) electrons. The van der Waals surface area contributed by atoms with E-state index in [0.717, 1.165) is 39.2 Å². The number of methoxy groups -OCH3 is 1. The summed E-state index contributed by atoms with van der Waals surface area (Å²) in [5.74, 6) is 1.15. The highest BCUT2D eigenvalue weighted by atomic mass is 16.5. The van der Waals surface area contributed by atoms with Gasteiger partial charge in [0.05, 0.1) is 7.11 Å². The van der Waals surface area contributed by atoms with Crippen molar-refractivity contribution in [2.75, 3.05) is 12.8 Å². The summed E-state index contributed by atoms with van der Waals surface area (Å²) < 4.78 is 5.37. The van der Waals surface area contributed by atoms with Crippen LogP contribution in [0.15, 0.2) is 12.1 Å². The lowest BCUT2D eigenvalue weighted by molar-refractivity contribution is 0.418. The fourth-order valence-electron chi connectivity index (χ4n) is 2.57. The molecule has 3 nitrogen and oxygen atoms in total. The van der Waals surface area contributed by atoms with Crippen molar-refractivity contribution in [1.82, 2.24) is 4.98 Å². The maximum Gasteiger partial charge on any atom is 0.145 e. The Morgan fingerprint density at radius 1 is 1.22 bits per heavy atom. The molecule has 1 aromatic carbocycles. The summed E-state index contributed by atoms with van der Waals surface area (Å²) in [6.45, 7) is 8.34. The molecule has 0 spiro atoms. The molecule has 3 heteroatoms. The van der Waals surface area contributed by atoms with E-state index in [0.29, 0.717) is 5.92 Å². The van der Waals surface area contributed by atoms with Crippen molar-refractivity contribution in [1.29, 1.82) is 0 Å². The van der Waals surface area contributed by atoms with Crippen LogP contribution in [0.2, 0.25) is 0 Å². The Labute approximate surface area is 108 Å². The zero-order chi connectivity index (χ0) is 13.4. The van der Waals surface area contributed by atoms with Gasteiger partial charge in [0.25, 0.3) is 0 Å². The lowest BCUT2D eigenvalue weighted by atomic mass is 9.95. The van der Waals surface area contributed by atoms with E-state index in [1.165, 1.54) is 0 Å². The zero-order valence-electron chi connectivity index (χ0n) is 11.7. The molecule has 0 atom stereocenters. The first-order valence-electron chi connectivity index (χ1n) is 6.20. The molecule has 0 saturated carbocycles. The summed E-state index contributed by atoms with van der Waals surface area (Å²) in [6.07, 6.45) is 0. The molecular weight excluding hydrogens is 224 g/mol. The van der Waals surface area contributed by atoms with Gasteiger partial charge in [-0.1, -0.05) is 19.9 Å². The molecule has 0 bridgehead atoms. The van der Waals surface area contributed by atoms with E-state index in [9.17, 15) is 0 Å². The van der Waals surface area contributed by atoms with Gasteiger partial charge in [-0.25, -0.2) is 4.98 Å². The molecule has 0 aliphatic heterocycles. The van der Waals surface area contributed by atoms with Crippen molar-refractivity contribution < 1.29 is 4.74 Å². The van der Waals surface area contributed by atoms with Gasteiger partial charge >= 0.3 is 0 Å². The van der Waals surface area contributed by atoms with Gasteiger partial charge in [0.1, 0.15) is 11.3 Å². The van der Waals surface area contributed by atoms with Gasteiger partial charge in [0.15, 0.2) is 0 Å². The Balaban J connectivity index is 2.94. The van der Waals surface area contributed by atoms with Gasteiger partial charge in [0.2, 0.25) is 0 Å². The largest absolute Gasteiger partial charge is 0.494 e. The van der Waals surface area contributed by atoms with Crippen LogP contribution in [0.25, 0.3) is 10.9 Å². The number of rotatable bonds is 2. The number of aryl methyl sites for hydroxylation is 2. The molecule has 0 unspecified atom stereocenters. The standard InChI is InChI=1S/C15H20N2O/c1-8(2)12-10(4)17-15-11(18-5)7-6-9(3)13(15)14(12)16/h6-8H,1-5H3,(H2,16,17). The van der Waals surface area contributed by atoms with Crippen molar-refractivity contribution in [3.8, 4) is 5.75 Å². The lowest BCUT2D eigenvalue weighted by Crippen LogP contribution is -2.05. The summed E-state index contributed by atoms with van der Waals surface area (Å²) in [6, 6.07) is 3.97. The maximum absolute atomic E-state index is 6.35. The number of nitrogen functional groups attached to an aromatic ring is 1. The first kappa shape index (κ1) is 12.7. The minimum absolute atomic E-state index is 0.368. The molecule has 0 aliphatic rings. The number of nitrogens with two attached hydrogens (primary N) is 1. The number of aromatic nitrogens is 1. The molecule has 0 saturated heterocycles. The molecule has 0 amide bonds. The smallest absolute Gasteiger partial charge is 0.145 e. The van der Waals surface area contributed by atoms with Gasteiger partial charge < -0.3 is 10.5 Å². The second kappa shape index (κ2) is 4.48. The van der Waals surface area contributed by atoms with Crippen LogP contribution in [0.5, 0.6) is 5.75 Å². The Hall–Kier alpha value is -1.77. The van der Waals surface area contributed by atoms with E-state index in [4.69, 9.17) is 10.5 Å². The number of nitrogens with zero attached hydrogens (tertiary/aromatic N) is 1. The number of benzene rings is 1. The van der Waals surface area contributed by atoms with Crippen molar-refractivity contribution >= 4 is 16.6 Å². The normalized spacial score (nSPS) is 11.2. The Bertz CT molecular complexity index is 603. The van der Waals surface area contributed by atoms with Gasteiger partial charge in [-0.05, 0) is 37.0 Å². The Kier molecular flexibility index (Phi) is 3.16. The van der Waals surface area contributed by atoms with Crippen LogP contribution < -0.4 is 10.5 Å². The third-order valence-corrected chi connectivity index (χ3v) is 3.38. The molecule has 0 fully saturated rings. The summed E-state index contributed by atoms with van der Waals surface area (Å²) >= 11 is 0. The van der Waals surface area contributed by atoms with Crippen LogP contribution in [0.1, 0.15) is 36.6 Å². The molecule has 1 aromatic heterocycles. The highest BCUT2D eigenvalue weighted by molar-refractivity contribution is 5.98. The lowest BCUT2D eigenvalue weighted by Gasteiger charge is -2.17. The van der Waals surface area contributed by atoms with Crippen LogP contribution in [0.3, 0.4) is 0 Å². The highest BCUT2D eigenvalue weighted by Crippen LogP contribution is 2.36. The molecule has 18 heavy (non-hydrogen) atoms. The summed E-state index contributed by atoms with van der Waals surface area (Å²) in [4.78, 5) is 4.68. The van der Waals surface area contributed by atoms with E-state index in [2.05, 4.69) is 25.8 Å². The monoisotopic (exact) mass is 244 g/mol. The highest BCUT2D eigenvalue weighted by Gasteiger charge is 2.16. The summed E-state index contributed by atoms with van der Waals surface area (Å²) in [7, 11) is 1.66. The van der Waals surface area contributed by atoms with Gasteiger partial charge in [-0.2, -0.15) is 0 Å². The summed E-state index contributed by atoms with van der Waals surface area (Å²) in [5.41, 5.74) is 11.3. The second-order valence-corrected chi connectivity index (χ2v) is 4.99. The van der Waals surface area contributed by atoms with Crippen LogP contribution >= 0.6 is 0 Å². The molecule has 1 heterocycles. The average molecular weight is 244 g/mol. The SMILES string of the molecule is COc1ccc(C)c2c(N)c(C(C)C)c(C)nc12. The molecule has 2 rings (SSSR count). The first-order valence-corrected chi connectivity index (χ1v) is 6.20. The van der Waals surface area contributed by atoms with Crippen molar-refractivity contribution in [2.24, 2.45) is 0 Å². The van der Waals surface area contributed by atoms with Crippen LogP contribution in [0, 0.1) is 13.8 Å². The van der Waals surface area contributed by atoms with E-state index >= 15 is 0 Å².